The number of nitrogens with one attached hydrogen (secondary N) is 3. The summed E-state index contributed by atoms with van der Waals surface area (Å²) in [5, 5.41) is 8.17. The third-order valence-corrected chi connectivity index (χ3v) is 8.48. The summed E-state index contributed by atoms with van der Waals surface area (Å²) in [6, 6.07) is 4.75. The van der Waals surface area contributed by atoms with Gasteiger partial charge >= 0.3 is 12.0 Å². The summed E-state index contributed by atoms with van der Waals surface area (Å²) >= 11 is 0. The van der Waals surface area contributed by atoms with Crippen LogP contribution in [0.2, 0.25) is 0 Å². The van der Waals surface area contributed by atoms with Crippen LogP contribution in [0.3, 0.4) is 0 Å². The van der Waals surface area contributed by atoms with Gasteiger partial charge in [-0.2, -0.15) is 0 Å². The molecule has 0 spiro atoms. The Balaban J connectivity index is 1.42. The number of hydrogen-bond donors (Lipinski definition) is 4. The molecule has 2 aliphatic carbocycles. The molecule has 44 heavy (non-hydrogen) atoms. The molecule has 1 aromatic carbocycles. The third kappa shape index (κ3) is 8.79. The van der Waals surface area contributed by atoms with Gasteiger partial charge in [0.25, 0.3) is 5.91 Å². The number of amides is 5. The first-order valence-corrected chi connectivity index (χ1v) is 15.5. The van der Waals surface area contributed by atoms with Crippen LogP contribution in [-0.4, -0.2) is 71.1 Å². The Kier molecular flexibility index (Phi) is 10.3. The van der Waals surface area contributed by atoms with Gasteiger partial charge < -0.3 is 31.3 Å². The molecule has 0 aromatic heterocycles. The second-order valence-electron chi connectivity index (χ2n) is 13.6. The number of carbonyl (C=O) groups is 6. The van der Waals surface area contributed by atoms with Crippen LogP contribution >= 0.6 is 0 Å². The van der Waals surface area contributed by atoms with Crippen LogP contribution in [0.1, 0.15) is 71.8 Å². The van der Waals surface area contributed by atoms with Gasteiger partial charge in [0.05, 0.1) is 6.04 Å². The number of primary amides is 1. The lowest BCUT2D eigenvalue weighted by Crippen LogP contribution is -2.61. The second kappa shape index (κ2) is 13.8. The van der Waals surface area contributed by atoms with Gasteiger partial charge in [0, 0.05) is 6.54 Å². The summed E-state index contributed by atoms with van der Waals surface area (Å²) in [5.74, 6) is -3.31. The summed E-state index contributed by atoms with van der Waals surface area (Å²) in [6.07, 6.45) is 4.06. The van der Waals surface area contributed by atoms with Gasteiger partial charge in [0.1, 0.15) is 24.7 Å². The number of Topliss-reactive ketones (excluding diaryl/α,β-unsaturated/α-hetero) is 1. The Bertz CT molecular complexity index is 1260. The van der Waals surface area contributed by atoms with E-state index in [0.29, 0.717) is 12.8 Å². The molecule has 0 radical (unpaired) electrons. The molecule has 1 saturated heterocycles. The van der Waals surface area contributed by atoms with Crippen LogP contribution in [0.4, 0.5) is 4.79 Å². The van der Waals surface area contributed by atoms with Crippen LogP contribution in [0.15, 0.2) is 30.3 Å². The molecule has 3 aliphatic rings. The van der Waals surface area contributed by atoms with Gasteiger partial charge in [-0.15, -0.1) is 0 Å². The molecule has 1 heterocycles. The van der Waals surface area contributed by atoms with Crippen LogP contribution in [-0.2, 0) is 35.3 Å². The van der Waals surface area contributed by atoms with Gasteiger partial charge in [0.15, 0.2) is 0 Å². The fraction of sp³-hybridized carbons (Fsp3) is 0.625. The lowest BCUT2D eigenvalue weighted by molar-refractivity contribution is -0.147. The van der Waals surface area contributed by atoms with E-state index in [2.05, 4.69) is 16.0 Å². The first-order valence-electron chi connectivity index (χ1n) is 15.5. The van der Waals surface area contributed by atoms with E-state index in [-0.39, 0.29) is 30.9 Å². The van der Waals surface area contributed by atoms with Crippen LogP contribution in [0.5, 0.6) is 0 Å². The highest BCUT2D eigenvalue weighted by atomic mass is 16.5. The molecule has 1 aromatic rings. The van der Waals surface area contributed by atoms with Crippen molar-refractivity contribution >= 4 is 35.5 Å². The predicted octanol–water partition coefficient (Wildman–Crippen LogP) is 1.80. The van der Waals surface area contributed by atoms with E-state index in [9.17, 15) is 28.8 Å². The Morgan fingerprint density at radius 3 is 2.20 bits per heavy atom. The minimum atomic E-state index is -1.11. The molecular weight excluding hydrogens is 566 g/mol. The maximum atomic E-state index is 14.0. The Labute approximate surface area is 258 Å². The van der Waals surface area contributed by atoms with E-state index in [1.165, 1.54) is 4.90 Å². The van der Waals surface area contributed by atoms with Crippen LogP contribution in [0, 0.1) is 23.2 Å². The van der Waals surface area contributed by atoms with E-state index in [1.54, 1.807) is 20.8 Å². The minimum absolute atomic E-state index is 0.0171. The zero-order valence-electron chi connectivity index (χ0n) is 26.0. The maximum absolute atomic E-state index is 14.0. The Morgan fingerprint density at radius 2 is 1.64 bits per heavy atom. The number of nitrogens with two attached hydrogens (primary N) is 1. The molecule has 12 heteroatoms. The van der Waals surface area contributed by atoms with Crippen LogP contribution < -0.4 is 21.7 Å². The number of ether oxygens (including phenoxy) is 1. The number of likely N-dealkylation sites (tertiary alicyclic amines) is 1. The van der Waals surface area contributed by atoms with Crippen molar-refractivity contribution in [3.63, 3.8) is 0 Å². The van der Waals surface area contributed by atoms with Crippen molar-refractivity contribution in [2.75, 3.05) is 6.54 Å². The minimum Gasteiger partial charge on any atom is -0.459 e. The molecule has 5 N–H and O–H groups in total. The second-order valence-corrected chi connectivity index (χ2v) is 13.6. The SMILES string of the molecule is C[C@@H]1C[C@@H](C(=O)NC(CC2CC2)C(=O)C(N)=O)N(C(=O)[C@@H](NC(=O)N[C@H](C(=O)OCc2ccccc2)C2CC2)C(C)(C)C)C1. The van der Waals surface area contributed by atoms with Gasteiger partial charge in [-0.1, -0.05) is 70.9 Å². The number of urea groups is 1. The number of esters is 1. The van der Waals surface area contributed by atoms with Gasteiger partial charge in [-0.05, 0) is 54.4 Å². The number of benzene rings is 1. The Hall–Kier alpha value is -3.96. The van der Waals surface area contributed by atoms with Crippen molar-refractivity contribution in [1.82, 2.24) is 20.9 Å². The van der Waals surface area contributed by atoms with E-state index in [0.717, 1.165) is 31.2 Å². The summed E-state index contributed by atoms with van der Waals surface area (Å²) in [7, 11) is 0. The van der Waals surface area contributed by atoms with Crippen molar-refractivity contribution < 1.29 is 33.5 Å². The van der Waals surface area contributed by atoms with Gasteiger partial charge in [0.2, 0.25) is 17.6 Å². The highest BCUT2D eigenvalue weighted by molar-refractivity contribution is 6.37. The van der Waals surface area contributed by atoms with E-state index >= 15 is 0 Å². The fourth-order valence-corrected chi connectivity index (χ4v) is 5.64. The summed E-state index contributed by atoms with van der Waals surface area (Å²) in [6.45, 7) is 7.67. The van der Waals surface area contributed by atoms with Crippen molar-refractivity contribution in [3.05, 3.63) is 35.9 Å². The molecule has 5 atom stereocenters. The molecule has 3 fully saturated rings. The summed E-state index contributed by atoms with van der Waals surface area (Å²) in [4.78, 5) is 79.1. The van der Waals surface area contributed by atoms with Crippen LogP contribution in [0.25, 0.3) is 0 Å². The zero-order valence-corrected chi connectivity index (χ0v) is 26.0. The van der Waals surface area contributed by atoms with E-state index in [4.69, 9.17) is 10.5 Å². The first-order chi connectivity index (χ1) is 20.7. The summed E-state index contributed by atoms with van der Waals surface area (Å²) < 4.78 is 5.48. The summed E-state index contributed by atoms with van der Waals surface area (Å²) in [5.41, 5.74) is 5.31. The van der Waals surface area contributed by atoms with Crippen molar-refractivity contribution in [1.29, 1.82) is 0 Å². The number of rotatable bonds is 13. The molecule has 0 bridgehead atoms. The van der Waals surface area contributed by atoms with E-state index in [1.807, 2.05) is 37.3 Å². The quantitative estimate of drug-likeness (QED) is 0.194. The van der Waals surface area contributed by atoms with Crippen molar-refractivity contribution in [2.45, 2.75) is 97.0 Å². The highest BCUT2D eigenvalue weighted by Crippen LogP contribution is 2.35. The fourth-order valence-electron chi connectivity index (χ4n) is 5.64. The average Bonchev–Trinajstić information content (AvgIpc) is 3.91. The molecule has 4 rings (SSSR count). The molecule has 2 saturated carbocycles. The normalized spacial score (nSPS) is 21.9. The molecular formula is C32H45N5O7. The maximum Gasteiger partial charge on any atom is 0.329 e. The first kappa shape index (κ1) is 32.9. The Morgan fingerprint density at radius 1 is 0.977 bits per heavy atom. The van der Waals surface area contributed by atoms with Crippen molar-refractivity contribution in [2.24, 2.45) is 28.9 Å². The molecule has 12 nitrogen and oxygen atoms in total. The number of ketones is 1. The predicted molar refractivity (Wildman–Crippen MR) is 160 cm³/mol. The molecule has 1 aliphatic heterocycles. The topological polar surface area (TPSA) is 177 Å². The van der Waals surface area contributed by atoms with E-state index < -0.39 is 65.1 Å². The zero-order chi connectivity index (χ0) is 32.2. The highest BCUT2D eigenvalue weighted by Gasteiger charge is 2.46. The van der Waals surface area contributed by atoms with Crippen molar-refractivity contribution in [3.8, 4) is 0 Å². The lowest BCUT2D eigenvalue weighted by Gasteiger charge is -2.36. The number of nitrogens with zero attached hydrogens (tertiary/aromatic N) is 1. The number of carbonyl (C=O) groups excluding carboxylic acids is 6. The standard InChI is InChI=1S/C32H45N5O7/c1-18-14-23(28(40)34-22(15-19-10-11-19)25(38)27(33)39)37(16-18)29(41)26(32(2,3)4)36-31(43)35-24(21-12-13-21)30(42)44-17-20-8-6-5-7-9-20/h5-9,18-19,21-24,26H,10-17H2,1-4H3,(H2,33,39)(H,34,40)(H2,35,36,43)/t18-,22?,23+,24+,26-/m1/s1. The average molecular weight is 612 g/mol. The smallest absolute Gasteiger partial charge is 0.329 e. The monoisotopic (exact) mass is 611 g/mol. The molecule has 1 unspecified atom stereocenters. The largest absolute Gasteiger partial charge is 0.459 e. The van der Waals surface area contributed by atoms with Gasteiger partial charge in [-0.3, -0.25) is 19.2 Å². The molecule has 5 amide bonds. The van der Waals surface area contributed by atoms with Gasteiger partial charge in [-0.25, -0.2) is 9.59 Å². The third-order valence-electron chi connectivity index (χ3n) is 8.48. The lowest BCUT2D eigenvalue weighted by atomic mass is 9.85. The molecule has 240 valence electrons. The number of hydrogen-bond acceptors (Lipinski definition) is 7.